The molecule has 0 spiro atoms. The van der Waals surface area contributed by atoms with E-state index in [0.29, 0.717) is 25.4 Å². The Morgan fingerprint density at radius 1 is 1.42 bits per heavy atom. The zero-order chi connectivity index (χ0) is 16.2. The van der Waals surface area contributed by atoms with Crippen LogP contribution in [0.15, 0.2) is 28.7 Å². The molecular formula is C17H23BrClN3O2. The monoisotopic (exact) mass is 415 g/mol. The predicted octanol–water partition coefficient (Wildman–Crippen LogP) is 2.34. The Balaban J connectivity index is 0.00000208. The van der Waals surface area contributed by atoms with E-state index in [1.165, 1.54) is 6.42 Å². The zero-order valence-electron chi connectivity index (χ0n) is 13.5. The van der Waals surface area contributed by atoms with Gasteiger partial charge >= 0.3 is 0 Å². The predicted molar refractivity (Wildman–Crippen MR) is 100 cm³/mol. The third-order valence-corrected chi connectivity index (χ3v) is 5.07. The molecular weight excluding hydrogens is 394 g/mol. The van der Waals surface area contributed by atoms with Crippen LogP contribution in [0.3, 0.4) is 0 Å². The molecule has 0 radical (unpaired) electrons. The second-order valence-electron chi connectivity index (χ2n) is 6.34. The molecule has 0 bridgehead atoms. The molecule has 2 unspecified atom stereocenters. The molecule has 2 aliphatic rings. The first-order chi connectivity index (χ1) is 11.1. The Hall–Kier alpha value is -1.11. The fraction of sp³-hybridized carbons (Fsp3) is 0.529. The number of benzene rings is 1. The van der Waals surface area contributed by atoms with Crippen LogP contribution in [-0.4, -0.2) is 38.0 Å². The number of amides is 2. The van der Waals surface area contributed by atoms with Crippen LogP contribution in [0, 0.1) is 11.8 Å². The minimum absolute atomic E-state index is 0. The molecule has 7 heteroatoms. The summed E-state index contributed by atoms with van der Waals surface area (Å²) in [4.78, 5) is 26.3. The molecule has 132 valence electrons. The maximum Gasteiger partial charge on any atom is 0.227 e. The second kappa shape index (κ2) is 8.83. The number of hydrogen-bond donors (Lipinski definition) is 2. The fourth-order valence-corrected chi connectivity index (χ4v) is 3.65. The van der Waals surface area contributed by atoms with E-state index in [9.17, 15) is 9.59 Å². The summed E-state index contributed by atoms with van der Waals surface area (Å²) in [5.74, 6) is 0.271. The number of nitrogens with zero attached hydrogens (tertiary/aromatic N) is 1. The Morgan fingerprint density at radius 3 is 2.96 bits per heavy atom. The van der Waals surface area contributed by atoms with Gasteiger partial charge in [-0.05, 0) is 50.0 Å². The van der Waals surface area contributed by atoms with Crippen molar-refractivity contribution in [1.82, 2.24) is 10.6 Å². The molecule has 5 nitrogen and oxygen atoms in total. The number of carbonyl (C=O) groups excluding carboxylic acids is 2. The highest BCUT2D eigenvalue weighted by atomic mass is 79.9. The van der Waals surface area contributed by atoms with Crippen molar-refractivity contribution in [3.8, 4) is 0 Å². The summed E-state index contributed by atoms with van der Waals surface area (Å²) in [7, 11) is 0. The van der Waals surface area contributed by atoms with Gasteiger partial charge in [0, 0.05) is 29.7 Å². The molecule has 1 aromatic rings. The van der Waals surface area contributed by atoms with Crippen molar-refractivity contribution in [1.29, 1.82) is 0 Å². The number of nitrogens with one attached hydrogen (secondary N) is 2. The number of piperidine rings is 1. The van der Waals surface area contributed by atoms with Crippen LogP contribution in [-0.2, 0) is 9.59 Å². The quantitative estimate of drug-likeness (QED) is 0.792. The van der Waals surface area contributed by atoms with Gasteiger partial charge in [0.05, 0.1) is 5.92 Å². The molecule has 2 atom stereocenters. The summed E-state index contributed by atoms with van der Waals surface area (Å²) in [6.45, 7) is 3.20. The Labute approximate surface area is 157 Å². The maximum absolute atomic E-state index is 12.4. The van der Waals surface area contributed by atoms with Crippen LogP contribution in [0.25, 0.3) is 0 Å². The van der Waals surface area contributed by atoms with Crippen molar-refractivity contribution in [2.75, 3.05) is 31.1 Å². The highest BCUT2D eigenvalue weighted by Gasteiger charge is 2.35. The molecule has 2 heterocycles. The first-order valence-corrected chi connectivity index (χ1v) is 8.97. The van der Waals surface area contributed by atoms with Gasteiger partial charge in [-0.25, -0.2) is 0 Å². The van der Waals surface area contributed by atoms with E-state index < -0.39 is 0 Å². The molecule has 2 fully saturated rings. The van der Waals surface area contributed by atoms with Gasteiger partial charge in [0.2, 0.25) is 11.8 Å². The van der Waals surface area contributed by atoms with E-state index >= 15 is 0 Å². The van der Waals surface area contributed by atoms with Gasteiger partial charge in [-0.3, -0.25) is 9.59 Å². The lowest BCUT2D eigenvalue weighted by Crippen LogP contribution is -2.40. The molecule has 2 saturated heterocycles. The van der Waals surface area contributed by atoms with Crippen LogP contribution in [0.2, 0.25) is 0 Å². The van der Waals surface area contributed by atoms with Crippen LogP contribution < -0.4 is 15.5 Å². The number of anilines is 1. The minimum Gasteiger partial charge on any atom is -0.355 e. The summed E-state index contributed by atoms with van der Waals surface area (Å²) in [5.41, 5.74) is 0.844. The summed E-state index contributed by atoms with van der Waals surface area (Å²) in [5, 5.41) is 6.38. The summed E-state index contributed by atoms with van der Waals surface area (Å²) >= 11 is 3.42. The molecule has 2 aliphatic heterocycles. The van der Waals surface area contributed by atoms with Crippen molar-refractivity contribution in [3.05, 3.63) is 28.7 Å². The maximum atomic E-state index is 12.4. The normalized spacial score (nSPS) is 23.7. The van der Waals surface area contributed by atoms with Gasteiger partial charge in [-0.2, -0.15) is 0 Å². The van der Waals surface area contributed by atoms with E-state index in [1.54, 1.807) is 4.90 Å². The average molecular weight is 417 g/mol. The highest BCUT2D eigenvalue weighted by molar-refractivity contribution is 9.10. The molecule has 1 aromatic carbocycles. The molecule has 0 saturated carbocycles. The van der Waals surface area contributed by atoms with E-state index in [2.05, 4.69) is 26.6 Å². The third kappa shape index (κ3) is 4.71. The van der Waals surface area contributed by atoms with Crippen LogP contribution in [0.5, 0.6) is 0 Å². The first-order valence-electron chi connectivity index (χ1n) is 8.18. The fourth-order valence-electron chi connectivity index (χ4n) is 3.26. The number of hydrogen-bond acceptors (Lipinski definition) is 3. The van der Waals surface area contributed by atoms with E-state index in [0.717, 1.165) is 29.7 Å². The lowest BCUT2D eigenvalue weighted by Gasteiger charge is -2.23. The zero-order valence-corrected chi connectivity index (χ0v) is 15.9. The SMILES string of the molecule is Cl.O=C(NCC1CCCNC1)C1CC(=O)N(c2cccc(Br)c2)C1. The average Bonchev–Trinajstić information content (AvgIpc) is 2.95. The van der Waals surface area contributed by atoms with Crippen LogP contribution >= 0.6 is 28.3 Å². The van der Waals surface area contributed by atoms with Crippen LogP contribution in [0.1, 0.15) is 19.3 Å². The van der Waals surface area contributed by atoms with E-state index in [4.69, 9.17) is 0 Å². The second-order valence-corrected chi connectivity index (χ2v) is 7.26. The lowest BCUT2D eigenvalue weighted by atomic mass is 9.99. The van der Waals surface area contributed by atoms with Crippen molar-refractivity contribution in [2.45, 2.75) is 19.3 Å². The van der Waals surface area contributed by atoms with Gasteiger partial charge in [-0.15, -0.1) is 12.4 Å². The van der Waals surface area contributed by atoms with Gasteiger partial charge in [0.1, 0.15) is 0 Å². The molecule has 0 aliphatic carbocycles. The van der Waals surface area contributed by atoms with Gasteiger partial charge in [0.25, 0.3) is 0 Å². The van der Waals surface area contributed by atoms with Gasteiger partial charge < -0.3 is 15.5 Å². The number of carbonyl (C=O) groups is 2. The molecule has 2 amide bonds. The molecule has 24 heavy (non-hydrogen) atoms. The summed E-state index contributed by atoms with van der Waals surface area (Å²) < 4.78 is 0.931. The standard InChI is InChI=1S/C17H22BrN3O2.ClH/c18-14-4-1-5-15(8-14)21-11-13(7-16(21)22)17(23)20-10-12-3-2-6-19-9-12;/h1,4-5,8,12-13,19H,2-3,6-7,9-11H2,(H,20,23);1H. The van der Waals surface area contributed by atoms with Crippen molar-refractivity contribution >= 4 is 45.8 Å². The summed E-state index contributed by atoms with van der Waals surface area (Å²) in [6.07, 6.45) is 2.61. The number of halogens is 2. The number of rotatable bonds is 4. The Bertz CT molecular complexity index is 593. The van der Waals surface area contributed by atoms with Crippen molar-refractivity contribution in [2.24, 2.45) is 11.8 Å². The smallest absolute Gasteiger partial charge is 0.227 e. The molecule has 2 N–H and O–H groups in total. The topological polar surface area (TPSA) is 61.4 Å². The highest BCUT2D eigenvalue weighted by Crippen LogP contribution is 2.27. The van der Waals surface area contributed by atoms with Crippen molar-refractivity contribution < 1.29 is 9.59 Å². The molecule has 0 aromatic heterocycles. The first kappa shape index (κ1) is 19.2. The Morgan fingerprint density at radius 2 is 2.25 bits per heavy atom. The molecule has 3 rings (SSSR count). The van der Waals surface area contributed by atoms with Gasteiger partial charge in [-0.1, -0.05) is 22.0 Å². The largest absolute Gasteiger partial charge is 0.355 e. The minimum atomic E-state index is -0.252. The Kier molecular flexibility index (Phi) is 7.07. The van der Waals surface area contributed by atoms with Crippen LogP contribution in [0.4, 0.5) is 5.69 Å². The lowest BCUT2D eigenvalue weighted by molar-refractivity contribution is -0.126. The third-order valence-electron chi connectivity index (χ3n) is 4.58. The van der Waals surface area contributed by atoms with E-state index in [1.807, 2.05) is 24.3 Å². The summed E-state index contributed by atoms with van der Waals surface area (Å²) in [6, 6.07) is 7.63. The van der Waals surface area contributed by atoms with Crippen molar-refractivity contribution in [3.63, 3.8) is 0 Å². The van der Waals surface area contributed by atoms with E-state index in [-0.39, 0.29) is 30.1 Å². The van der Waals surface area contributed by atoms with Gasteiger partial charge in [0.15, 0.2) is 0 Å².